The Kier molecular flexibility index (Phi) is 4.31. The minimum absolute atomic E-state index is 0.281. The summed E-state index contributed by atoms with van der Waals surface area (Å²) in [7, 11) is 0. The zero-order valence-electron chi connectivity index (χ0n) is 14.2. The maximum Gasteiger partial charge on any atom is 0.173 e. The van der Waals surface area contributed by atoms with Gasteiger partial charge >= 0.3 is 0 Å². The topological polar surface area (TPSA) is 58.4 Å². The molecule has 4 rings (SSSR count). The van der Waals surface area contributed by atoms with Gasteiger partial charge in [-0.2, -0.15) is 0 Å². The number of hydrogen-bond donors (Lipinski definition) is 1. The second-order valence-corrected chi connectivity index (χ2v) is 6.56. The first-order valence-electron chi connectivity index (χ1n) is 8.57. The lowest BCUT2D eigenvalue weighted by Crippen LogP contribution is -2.38. The van der Waals surface area contributed by atoms with Gasteiger partial charge in [-0.25, -0.2) is 19.3 Å². The zero-order valence-corrected chi connectivity index (χ0v) is 14.2. The van der Waals surface area contributed by atoms with Crippen LogP contribution in [0, 0.1) is 12.7 Å². The number of nitrogens with zero attached hydrogens (tertiary/aromatic N) is 5. The first kappa shape index (κ1) is 16.0. The summed E-state index contributed by atoms with van der Waals surface area (Å²) in [5.41, 5.74) is 2.27. The smallest absolute Gasteiger partial charge is 0.173 e. The molecule has 7 heteroatoms. The molecule has 0 aliphatic carbocycles. The largest absolute Gasteiger partial charge is 0.367 e. The van der Waals surface area contributed by atoms with Gasteiger partial charge in [0.2, 0.25) is 0 Å². The number of halogens is 1. The molecule has 4 heterocycles. The first-order chi connectivity index (χ1) is 12.2. The predicted octanol–water partition coefficient (Wildman–Crippen LogP) is 2.65. The molecule has 1 saturated heterocycles. The molecule has 0 amide bonds. The van der Waals surface area contributed by atoms with Crippen molar-refractivity contribution in [2.45, 2.75) is 32.4 Å². The lowest BCUT2D eigenvalue weighted by Gasteiger charge is -2.32. The van der Waals surface area contributed by atoms with E-state index in [-0.39, 0.29) is 5.82 Å². The van der Waals surface area contributed by atoms with Crippen LogP contribution in [0.15, 0.2) is 36.9 Å². The van der Waals surface area contributed by atoms with Crippen molar-refractivity contribution in [2.24, 2.45) is 0 Å². The fourth-order valence-electron chi connectivity index (χ4n) is 3.31. The molecule has 1 N–H and O–H groups in total. The van der Waals surface area contributed by atoms with Gasteiger partial charge in [-0.15, -0.1) is 0 Å². The summed E-state index contributed by atoms with van der Waals surface area (Å²) in [5, 5.41) is 3.49. The van der Waals surface area contributed by atoms with Crippen LogP contribution < -0.4 is 5.32 Å². The molecule has 3 aromatic heterocycles. The Morgan fingerprint density at radius 3 is 2.88 bits per heavy atom. The summed E-state index contributed by atoms with van der Waals surface area (Å²) in [6, 6.07) is 5.53. The molecule has 0 atom stereocenters. The second-order valence-electron chi connectivity index (χ2n) is 6.56. The SMILES string of the molecule is Cc1cc(NC2CCN(Cc3cn4cccc(F)c4n3)CC2)ncn1. The number of rotatable bonds is 4. The number of imidazole rings is 1. The summed E-state index contributed by atoms with van der Waals surface area (Å²) < 4.78 is 15.5. The molecule has 0 bridgehead atoms. The van der Waals surface area contributed by atoms with Crippen molar-refractivity contribution in [1.82, 2.24) is 24.3 Å². The van der Waals surface area contributed by atoms with Crippen molar-refractivity contribution in [2.75, 3.05) is 18.4 Å². The average molecular weight is 340 g/mol. The molecule has 0 saturated carbocycles. The van der Waals surface area contributed by atoms with Crippen molar-refractivity contribution in [3.63, 3.8) is 0 Å². The molecule has 1 fully saturated rings. The Labute approximate surface area is 145 Å². The summed E-state index contributed by atoms with van der Waals surface area (Å²) in [6.07, 6.45) is 7.42. The Morgan fingerprint density at radius 1 is 1.28 bits per heavy atom. The van der Waals surface area contributed by atoms with E-state index in [4.69, 9.17) is 0 Å². The molecule has 0 radical (unpaired) electrons. The molecule has 6 nitrogen and oxygen atoms in total. The van der Waals surface area contributed by atoms with E-state index in [1.165, 1.54) is 6.07 Å². The minimum Gasteiger partial charge on any atom is -0.367 e. The lowest BCUT2D eigenvalue weighted by atomic mass is 10.0. The van der Waals surface area contributed by atoms with Gasteiger partial charge in [0.15, 0.2) is 11.5 Å². The summed E-state index contributed by atoms with van der Waals surface area (Å²) in [5.74, 6) is 0.610. The Hall–Kier alpha value is -2.54. The van der Waals surface area contributed by atoms with Crippen molar-refractivity contribution in [1.29, 1.82) is 0 Å². The summed E-state index contributed by atoms with van der Waals surface area (Å²) in [6.45, 7) is 4.68. The van der Waals surface area contributed by atoms with Crippen molar-refractivity contribution in [3.05, 3.63) is 54.1 Å². The van der Waals surface area contributed by atoms with Gasteiger partial charge in [0, 0.05) is 49.8 Å². The van der Waals surface area contributed by atoms with E-state index in [9.17, 15) is 4.39 Å². The highest BCUT2D eigenvalue weighted by molar-refractivity contribution is 5.41. The van der Waals surface area contributed by atoms with Crippen molar-refractivity contribution < 1.29 is 4.39 Å². The molecule has 0 spiro atoms. The first-order valence-corrected chi connectivity index (χ1v) is 8.57. The lowest BCUT2D eigenvalue weighted by molar-refractivity contribution is 0.209. The van der Waals surface area contributed by atoms with E-state index in [1.54, 1.807) is 16.8 Å². The highest BCUT2D eigenvalue weighted by atomic mass is 19.1. The maximum absolute atomic E-state index is 13.7. The molecule has 1 aliphatic heterocycles. The quantitative estimate of drug-likeness (QED) is 0.791. The Balaban J connectivity index is 1.34. The average Bonchev–Trinajstić information content (AvgIpc) is 3.01. The summed E-state index contributed by atoms with van der Waals surface area (Å²) >= 11 is 0. The van der Waals surface area contributed by atoms with E-state index in [0.717, 1.165) is 49.7 Å². The van der Waals surface area contributed by atoms with Crippen LogP contribution in [0.25, 0.3) is 5.65 Å². The Morgan fingerprint density at radius 2 is 2.12 bits per heavy atom. The van der Waals surface area contributed by atoms with E-state index in [1.807, 2.05) is 25.4 Å². The number of hydrogen-bond acceptors (Lipinski definition) is 5. The van der Waals surface area contributed by atoms with Gasteiger partial charge in [0.05, 0.1) is 5.69 Å². The van der Waals surface area contributed by atoms with Gasteiger partial charge in [-0.3, -0.25) is 4.90 Å². The summed E-state index contributed by atoms with van der Waals surface area (Å²) in [4.78, 5) is 15.2. The van der Waals surface area contributed by atoms with Crippen LogP contribution in [-0.2, 0) is 6.54 Å². The third kappa shape index (κ3) is 3.61. The van der Waals surface area contributed by atoms with Crippen molar-refractivity contribution >= 4 is 11.5 Å². The monoisotopic (exact) mass is 340 g/mol. The molecular formula is C18H21FN6. The molecule has 130 valence electrons. The standard InChI is InChI=1S/C18H21FN6/c1-13-9-17(21-12-20-13)22-14-4-7-24(8-5-14)10-15-11-25-6-2-3-16(19)18(25)23-15/h2-3,6,9,11-12,14H,4-5,7-8,10H2,1H3,(H,20,21,22). The fraction of sp³-hybridized carbons (Fsp3) is 0.389. The maximum atomic E-state index is 13.7. The number of fused-ring (bicyclic) bond motifs is 1. The number of aromatic nitrogens is 4. The van der Waals surface area contributed by atoms with Crippen molar-refractivity contribution in [3.8, 4) is 0 Å². The van der Waals surface area contributed by atoms with Crippen LogP contribution >= 0.6 is 0 Å². The van der Waals surface area contributed by atoms with E-state index in [2.05, 4.69) is 25.2 Å². The highest BCUT2D eigenvalue weighted by Crippen LogP contribution is 2.18. The van der Waals surface area contributed by atoms with Crippen LogP contribution in [0.3, 0.4) is 0 Å². The van der Waals surface area contributed by atoms with Gasteiger partial charge in [-0.05, 0) is 31.9 Å². The third-order valence-electron chi connectivity index (χ3n) is 4.61. The normalized spacial score (nSPS) is 16.4. The number of piperidine rings is 1. The highest BCUT2D eigenvalue weighted by Gasteiger charge is 2.20. The van der Waals surface area contributed by atoms with Crippen LogP contribution in [0.1, 0.15) is 24.2 Å². The van der Waals surface area contributed by atoms with Gasteiger partial charge in [-0.1, -0.05) is 0 Å². The van der Waals surface area contributed by atoms with Crippen LogP contribution in [-0.4, -0.2) is 43.4 Å². The molecule has 25 heavy (non-hydrogen) atoms. The zero-order chi connectivity index (χ0) is 17.2. The molecule has 1 aliphatic rings. The fourth-order valence-corrected chi connectivity index (χ4v) is 3.31. The van der Waals surface area contributed by atoms with Gasteiger partial charge < -0.3 is 9.72 Å². The molecule has 0 aromatic carbocycles. The molecule has 3 aromatic rings. The van der Waals surface area contributed by atoms with E-state index < -0.39 is 0 Å². The number of anilines is 1. The molecular weight excluding hydrogens is 319 g/mol. The minimum atomic E-state index is -0.281. The van der Waals surface area contributed by atoms with E-state index >= 15 is 0 Å². The van der Waals surface area contributed by atoms with Gasteiger partial charge in [0.1, 0.15) is 12.1 Å². The number of aryl methyl sites for hydroxylation is 1. The number of likely N-dealkylation sites (tertiary alicyclic amines) is 1. The van der Waals surface area contributed by atoms with E-state index in [0.29, 0.717) is 11.7 Å². The Bertz CT molecular complexity index is 869. The van der Waals surface area contributed by atoms with Gasteiger partial charge in [0.25, 0.3) is 0 Å². The second kappa shape index (κ2) is 6.76. The van der Waals surface area contributed by atoms with Crippen LogP contribution in [0.4, 0.5) is 10.2 Å². The number of pyridine rings is 1. The van der Waals surface area contributed by atoms with Crippen LogP contribution in [0.2, 0.25) is 0 Å². The number of nitrogens with one attached hydrogen (secondary N) is 1. The third-order valence-corrected chi connectivity index (χ3v) is 4.61. The predicted molar refractivity (Wildman–Crippen MR) is 93.8 cm³/mol. The van der Waals surface area contributed by atoms with Crippen LogP contribution in [0.5, 0.6) is 0 Å². The molecule has 0 unspecified atom stereocenters.